The average molecular weight is 399 g/mol. The van der Waals surface area contributed by atoms with Crippen LogP contribution in [0.3, 0.4) is 0 Å². The molecule has 0 radical (unpaired) electrons. The van der Waals surface area contributed by atoms with Gasteiger partial charge in [-0.1, -0.05) is 29.5 Å². The van der Waals surface area contributed by atoms with E-state index >= 15 is 0 Å². The summed E-state index contributed by atoms with van der Waals surface area (Å²) in [5, 5.41) is 8.25. The summed E-state index contributed by atoms with van der Waals surface area (Å²) in [6, 6.07) is 17.9. The zero-order valence-corrected chi connectivity index (χ0v) is 16.4. The van der Waals surface area contributed by atoms with Gasteiger partial charge in [-0.15, -0.1) is 0 Å². The third-order valence-corrected chi connectivity index (χ3v) is 5.48. The fraction of sp³-hybridized carbons (Fsp3) is 0.0476. The Morgan fingerprint density at radius 3 is 2.48 bits per heavy atom. The molecule has 142 valence electrons. The van der Waals surface area contributed by atoms with Crippen LogP contribution in [0.1, 0.15) is 5.69 Å². The molecule has 0 fully saturated rings. The number of pyridine rings is 1. The van der Waals surface area contributed by atoms with Gasteiger partial charge < -0.3 is 16.4 Å². The van der Waals surface area contributed by atoms with Gasteiger partial charge in [-0.3, -0.25) is 4.98 Å². The van der Waals surface area contributed by atoms with Gasteiger partial charge in [0.1, 0.15) is 12.0 Å². The number of nitrogens with one attached hydrogen (secondary N) is 2. The third kappa shape index (κ3) is 3.30. The summed E-state index contributed by atoms with van der Waals surface area (Å²) in [6.07, 6.45) is 1.47. The van der Waals surface area contributed by atoms with Crippen LogP contribution in [-0.2, 0) is 0 Å². The number of aryl methyl sites for hydroxylation is 1. The first kappa shape index (κ1) is 17.3. The molecule has 2 aromatic carbocycles. The van der Waals surface area contributed by atoms with Crippen molar-refractivity contribution in [1.82, 2.24) is 19.9 Å². The van der Waals surface area contributed by atoms with E-state index in [-0.39, 0.29) is 0 Å². The highest BCUT2D eigenvalue weighted by molar-refractivity contribution is 7.22. The van der Waals surface area contributed by atoms with E-state index in [0.29, 0.717) is 17.3 Å². The van der Waals surface area contributed by atoms with Gasteiger partial charge in [-0.05, 0) is 43.3 Å². The average Bonchev–Trinajstić information content (AvgIpc) is 3.13. The molecule has 0 aliphatic rings. The highest BCUT2D eigenvalue weighted by Gasteiger charge is 2.12. The lowest BCUT2D eigenvalue weighted by atomic mass is 10.1. The second-order valence-electron chi connectivity index (χ2n) is 6.55. The van der Waals surface area contributed by atoms with E-state index in [9.17, 15) is 0 Å². The molecule has 0 saturated heterocycles. The Kier molecular flexibility index (Phi) is 4.18. The summed E-state index contributed by atoms with van der Waals surface area (Å²) in [6.45, 7) is 1.97. The maximum Gasteiger partial charge on any atom is 0.189 e. The first-order valence-corrected chi connectivity index (χ1v) is 9.85. The van der Waals surface area contributed by atoms with Gasteiger partial charge in [0.2, 0.25) is 0 Å². The van der Waals surface area contributed by atoms with Gasteiger partial charge in [-0.2, -0.15) is 0 Å². The van der Waals surface area contributed by atoms with Gasteiger partial charge in [0.15, 0.2) is 16.8 Å². The van der Waals surface area contributed by atoms with Crippen molar-refractivity contribution in [3.05, 3.63) is 66.6 Å². The number of nitrogens with two attached hydrogens (primary N) is 1. The van der Waals surface area contributed by atoms with Gasteiger partial charge in [0.25, 0.3) is 0 Å². The minimum atomic E-state index is 0.420. The Labute approximate surface area is 170 Å². The van der Waals surface area contributed by atoms with Crippen LogP contribution in [0.25, 0.3) is 21.1 Å². The third-order valence-electron chi connectivity index (χ3n) is 4.53. The van der Waals surface area contributed by atoms with Gasteiger partial charge >= 0.3 is 0 Å². The minimum absolute atomic E-state index is 0.420. The van der Waals surface area contributed by atoms with Crippen molar-refractivity contribution in [2.45, 2.75) is 6.92 Å². The molecular weight excluding hydrogens is 382 g/mol. The van der Waals surface area contributed by atoms with Crippen LogP contribution in [0.15, 0.2) is 60.9 Å². The second kappa shape index (κ2) is 6.99. The lowest BCUT2D eigenvalue weighted by molar-refractivity contribution is 1.17. The van der Waals surface area contributed by atoms with E-state index in [0.717, 1.165) is 37.6 Å². The number of rotatable bonds is 4. The predicted octanol–water partition coefficient (Wildman–Crippen LogP) is 5.01. The number of nitrogens with zero attached hydrogens (tertiary/aromatic N) is 4. The lowest BCUT2D eigenvalue weighted by Gasteiger charge is -2.13. The lowest BCUT2D eigenvalue weighted by Crippen LogP contribution is -2.05. The zero-order valence-electron chi connectivity index (χ0n) is 15.5. The van der Waals surface area contributed by atoms with Crippen LogP contribution in [-0.4, -0.2) is 19.9 Å². The van der Waals surface area contributed by atoms with Crippen molar-refractivity contribution in [2.24, 2.45) is 0 Å². The number of aromatic nitrogens is 4. The molecule has 3 aromatic heterocycles. The first-order valence-electron chi connectivity index (χ1n) is 9.04. The largest absolute Gasteiger partial charge is 0.393 e. The molecule has 0 aliphatic carbocycles. The molecule has 5 rings (SSSR count). The topological polar surface area (TPSA) is 102 Å². The molecule has 7 nitrogen and oxygen atoms in total. The van der Waals surface area contributed by atoms with Crippen LogP contribution in [0.4, 0.5) is 28.1 Å². The van der Waals surface area contributed by atoms with Crippen molar-refractivity contribution < 1.29 is 0 Å². The minimum Gasteiger partial charge on any atom is -0.393 e. The van der Waals surface area contributed by atoms with E-state index < -0.39 is 0 Å². The highest BCUT2D eigenvalue weighted by Crippen LogP contribution is 2.33. The SMILES string of the molecule is Cc1ccc2c(Nc3ncnc(Nc4nc5ccccc5s4)c3N)cccc2n1. The molecule has 4 N–H and O–H groups in total. The Balaban J connectivity index is 1.48. The van der Waals surface area contributed by atoms with E-state index in [2.05, 4.69) is 30.6 Å². The van der Waals surface area contributed by atoms with Crippen LogP contribution < -0.4 is 16.4 Å². The Morgan fingerprint density at radius 2 is 1.62 bits per heavy atom. The molecule has 0 saturated carbocycles. The van der Waals surface area contributed by atoms with E-state index in [1.807, 2.05) is 61.5 Å². The number of fused-ring (bicyclic) bond motifs is 2. The maximum atomic E-state index is 6.35. The fourth-order valence-corrected chi connectivity index (χ4v) is 3.98. The number of hydrogen-bond acceptors (Lipinski definition) is 8. The molecular formula is C21H17N7S. The molecule has 3 heterocycles. The van der Waals surface area contributed by atoms with Gasteiger partial charge in [-0.25, -0.2) is 15.0 Å². The Hall–Kier alpha value is -3.78. The molecule has 0 atom stereocenters. The maximum absolute atomic E-state index is 6.35. The molecule has 5 aromatic rings. The van der Waals surface area contributed by atoms with Gasteiger partial charge in [0.05, 0.1) is 15.7 Å². The highest BCUT2D eigenvalue weighted by atomic mass is 32.1. The first-order chi connectivity index (χ1) is 14.2. The standard InChI is InChI=1S/C21H17N7S/c1-12-9-10-13-14(25-12)6-4-7-15(13)26-19-18(22)20(24-11-23-19)28-21-27-16-5-2-3-8-17(16)29-21/h2-11H,22H2,1H3,(H2,23,24,26,27,28). The van der Waals surface area contributed by atoms with Crippen molar-refractivity contribution in [3.8, 4) is 0 Å². The molecule has 0 bridgehead atoms. The summed E-state index contributed by atoms with van der Waals surface area (Å²) in [7, 11) is 0. The summed E-state index contributed by atoms with van der Waals surface area (Å²) >= 11 is 1.55. The number of anilines is 5. The Morgan fingerprint density at radius 1 is 0.828 bits per heavy atom. The smallest absolute Gasteiger partial charge is 0.189 e. The van der Waals surface area contributed by atoms with Crippen LogP contribution in [0, 0.1) is 6.92 Å². The number of benzene rings is 2. The quantitative estimate of drug-likeness (QED) is 0.390. The van der Waals surface area contributed by atoms with E-state index in [1.54, 1.807) is 11.3 Å². The van der Waals surface area contributed by atoms with Gasteiger partial charge in [0, 0.05) is 16.8 Å². The summed E-state index contributed by atoms with van der Waals surface area (Å²) in [5.74, 6) is 1.03. The summed E-state index contributed by atoms with van der Waals surface area (Å²) in [5.41, 5.74) is 10.5. The van der Waals surface area contributed by atoms with Crippen LogP contribution in [0.2, 0.25) is 0 Å². The van der Waals surface area contributed by atoms with E-state index in [1.165, 1.54) is 6.33 Å². The van der Waals surface area contributed by atoms with Crippen molar-refractivity contribution >= 4 is 60.6 Å². The van der Waals surface area contributed by atoms with Crippen molar-refractivity contribution in [3.63, 3.8) is 0 Å². The number of nitrogen functional groups attached to an aromatic ring is 1. The molecule has 0 aliphatic heterocycles. The fourth-order valence-electron chi connectivity index (χ4n) is 3.12. The van der Waals surface area contributed by atoms with Crippen LogP contribution in [0.5, 0.6) is 0 Å². The monoisotopic (exact) mass is 399 g/mol. The number of para-hydroxylation sites is 1. The molecule has 0 unspecified atom stereocenters. The van der Waals surface area contributed by atoms with Crippen LogP contribution >= 0.6 is 11.3 Å². The molecule has 0 spiro atoms. The molecule has 29 heavy (non-hydrogen) atoms. The number of thiazole rings is 1. The summed E-state index contributed by atoms with van der Waals surface area (Å²) in [4.78, 5) is 17.8. The Bertz CT molecular complexity index is 1310. The molecule has 8 heteroatoms. The van der Waals surface area contributed by atoms with Crippen molar-refractivity contribution in [1.29, 1.82) is 0 Å². The normalized spacial score (nSPS) is 11.1. The molecule has 0 amide bonds. The van der Waals surface area contributed by atoms with Crippen molar-refractivity contribution in [2.75, 3.05) is 16.4 Å². The number of hydrogen-bond donors (Lipinski definition) is 3. The van der Waals surface area contributed by atoms with E-state index in [4.69, 9.17) is 5.73 Å². The second-order valence-corrected chi connectivity index (χ2v) is 7.58. The predicted molar refractivity (Wildman–Crippen MR) is 119 cm³/mol. The zero-order chi connectivity index (χ0) is 19.8. The summed E-state index contributed by atoms with van der Waals surface area (Å²) < 4.78 is 1.10.